The molecule has 19 heteroatoms. The van der Waals surface area contributed by atoms with Crippen LogP contribution in [0, 0.1) is 23.7 Å². The van der Waals surface area contributed by atoms with Crippen molar-refractivity contribution in [2.45, 2.75) is 427 Å². The Balaban J connectivity index is 5.24. The Labute approximate surface area is 607 Å². The van der Waals surface area contributed by atoms with E-state index >= 15 is 0 Å². The van der Waals surface area contributed by atoms with Crippen molar-refractivity contribution >= 4 is 39.5 Å². The number of aliphatic hydroxyl groups excluding tert-OH is 1. The van der Waals surface area contributed by atoms with Crippen molar-refractivity contribution < 1.29 is 80.2 Å². The molecule has 0 spiro atoms. The number of phosphoric acid groups is 2. The third-order valence-electron chi connectivity index (χ3n) is 18.9. The van der Waals surface area contributed by atoms with E-state index in [0.29, 0.717) is 31.6 Å². The first kappa shape index (κ1) is 97.1. The van der Waals surface area contributed by atoms with E-state index in [1.807, 2.05) is 0 Å². The molecule has 99 heavy (non-hydrogen) atoms. The van der Waals surface area contributed by atoms with Gasteiger partial charge >= 0.3 is 39.5 Å². The molecule has 3 unspecified atom stereocenters. The van der Waals surface area contributed by atoms with E-state index in [2.05, 4.69) is 55.4 Å². The minimum Gasteiger partial charge on any atom is -0.462 e. The third kappa shape index (κ3) is 72.8. The highest BCUT2D eigenvalue weighted by Gasteiger charge is 2.30. The van der Waals surface area contributed by atoms with Crippen molar-refractivity contribution in [2.75, 3.05) is 39.6 Å². The van der Waals surface area contributed by atoms with Gasteiger partial charge in [-0.3, -0.25) is 37.3 Å². The SMILES string of the molecule is CCC(C)CCCCCCCCCCCCCCCCC(=O)O[C@H](COC(=O)CCCCCCCCCCCCCCCCC(C)C)COP(=O)(O)OC[C@@H](O)COP(=O)(O)OC[C@@H](COC(=O)CCCCCCCCC(C)C)OC(=O)CCCCCCCCCCCCCCC(C)C. The van der Waals surface area contributed by atoms with Crippen molar-refractivity contribution in [3.8, 4) is 0 Å². The lowest BCUT2D eigenvalue weighted by molar-refractivity contribution is -0.161. The van der Waals surface area contributed by atoms with E-state index in [4.69, 9.17) is 37.0 Å². The first-order chi connectivity index (χ1) is 47.6. The van der Waals surface area contributed by atoms with Gasteiger partial charge in [-0.1, -0.05) is 357 Å². The summed E-state index contributed by atoms with van der Waals surface area (Å²) in [5.41, 5.74) is 0. The molecule has 0 aromatic heterocycles. The Bertz CT molecular complexity index is 1940. The standard InChI is InChI=1S/C80H156O17P2/c1-9-73(8)59-51-43-34-28-22-15-11-13-17-24-30-36-46-54-62-79(84)96-75(66-90-77(82)60-52-44-35-29-23-16-12-10-14-20-26-32-40-48-56-70(2)3)68-94-98(86,87)92-64-74(81)65-93-99(88,89)95-69-76(67-91-78(83)61-53-45-39-38-42-50-58-72(6)7)97-80(85)63-55-47-37-31-25-19-18-21-27-33-41-49-57-71(4)5/h70-76,81H,9-69H2,1-8H3,(H,86,87)(H,88,89)/t73?,74-,75-,76-/m1/s1. The molecule has 0 aliphatic rings. The highest BCUT2D eigenvalue weighted by atomic mass is 31.2. The van der Waals surface area contributed by atoms with E-state index in [0.717, 1.165) is 114 Å². The van der Waals surface area contributed by atoms with Gasteiger partial charge in [0.1, 0.15) is 19.3 Å². The highest BCUT2D eigenvalue weighted by molar-refractivity contribution is 7.47. The zero-order valence-corrected chi connectivity index (χ0v) is 66.9. The largest absolute Gasteiger partial charge is 0.472 e. The van der Waals surface area contributed by atoms with Crippen LogP contribution >= 0.6 is 15.6 Å². The second kappa shape index (κ2) is 69.1. The molecule has 0 radical (unpaired) electrons. The molecule has 0 saturated carbocycles. The summed E-state index contributed by atoms with van der Waals surface area (Å²) in [6, 6.07) is 0. The fourth-order valence-corrected chi connectivity index (χ4v) is 13.8. The van der Waals surface area contributed by atoms with Crippen LogP contribution in [-0.2, 0) is 65.4 Å². The zero-order valence-electron chi connectivity index (χ0n) is 65.1. The number of aliphatic hydroxyl groups is 1. The number of carbonyl (C=O) groups is 4. The zero-order chi connectivity index (χ0) is 73.1. The summed E-state index contributed by atoms with van der Waals surface area (Å²) in [6.07, 6.45) is 55.6. The van der Waals surface area contributed by atoms with Crippen LogP contribution in [0.1, 0.15) is 409 Å². The van der Waals surface area contributed by atoms with Crippen molar-refractivity contribution in [3.63, 3.8) is 0 Å². The number of unbranched alkanes of at least 4 members (excludes halogenated alkanes) is 42. The van der Waals surface area contributed by atoms with E-state index in [1.54, 1.807) is 0 Å². The molecule has 0 aliphatic carbocycles. The maximum Gasteiger partial charge on any atom is 0.472 e. The second-order valence-corrected chi connectivity index (χ2v) is 33.4. The molecular weight excluding hydrogens is 1290 g/mol. The van der Waals surface area contributed by atoms with Crippen LogP contribution in [0.15, 0.2) is 0 Å². The number of rotatable bonds is 77. The molecule has 0 aliphatic heterocycles. The summed E-state index contributed by atoms with van der Waals surface area (Å²) in [7, 11) is -9.92. The predicted molar refractivity (Wildman–Crippen MR) is 404 cm³/mol. The van der Waals surface area contributed by atoms with Crippen LogP contribution in [0.2, 0.25) is 0 Å². The lowest BCUT2D eigenvalue weighted by Crippen LogP contribution is -2.30. The second-order valence-electron chi connectivity index (χ2n) is 30.5. The minimum absolute atomic E-state index is 0.106. The number of ether oxygens (including phenoxy) is 4. The van der Waals surface area contributed by atoms with Gasteiger partial charge in [0.05, 0.1) is 26.4 Å². The molecule has 0 fully saturated rings. The predicted octanol–water partition coefficient (Wildman–Crippen LogP) is 23.6. The van der Waals surface area contributed by atoms with Gasteiger partial charge in [0, 0.05) is 25.7 Å². The Kier molecular flexibility index (Phi) is 67.8. The average Bonchev–Trinajstić information content (AvgIpc) is 0.990. The quantitative estimate of drug-likeness (QED) is 0.0222. The highest BCUT2D eigenvalue weighted by Crippen LogP contribution is 2.45. The van der Waals surface area contributed by atoms with Gasteiger partial charge in [-0.25, -0.2) is 9.13 Å². The summed E-state index contributed by atoms with van der Waals surface area (Å²) >= 11 is 0. The number of esters is 4. The van der Waals surface area contributed by atoms with Gasteiger partial charge in [0.25, 0.3) is 0 Å². The van der Waals surface area contributed by atoms with Crippen molar-refractivity contribution in [1.82, 2.24) is 0 Å². The number of phosphoric ester groups is 2. The number of hydrogen-bond donors (Lipinski definition) is 3. The van der Waals surface area contributed by atoms with E-state index in [1.165, 1.54) is 205 Å². The van der Waals surface area contributed by atoms with Crippen LogP contribution in [0.25, 0.3) is 0 Å². The topological polar surface area (TPSA) is 237 Å². The third-order valence-corrected chi connectivity index (χ3v) is 20.8. The maximum absolute atomic E-state index is 13.1. The van der Waals surface area contributed by atoms with Crippen LogP contribution in [-0.4, -0.2) is 96.7 Å². The molecule has 0 aromatic rings. The molecule has 588 valence electrons. The molecule has 3 N–H and O–H groups in total. The minimum atomic E-state index is -4.96. The fourth-order valence-electron chi connectivity index (χ4n) is 12.2. The lowest BCUT2D eigenvalue weighted by Gasteiger charge is -2.21. The van der Waals surface area contributed by atoms with Crippen molar-refractivity contribution in [3.05, 3.63) is 0 Å². The van der Waals surface area contributed by atoms with E-state index in [9.17, 15) is 43.2 Å². The van der Waals surface area contributed by atoms with Crippen LogP contribution in [0.3, 0.4) is 0 Å². The molecule has 6 atom stereocenters. The summed E-state index contributed by atoms with van der Waals surface area (Å²) < 4.78 is 68.7. The number of carbonyl (C=O) groups excluding carboxylic acids is 4. The molecule has 0 rings (SSSR count). The van der Waals surface area contributed by atoms with Gasteiger partial charge in [-0.2, -0.15) is 0 Å². The van der Waals surface area contributed by atoms with Gasteiger partial charge in [-0.05, 0) is 49.4 Å². The van der Waals surface area contributed by atoms with Crippen LogP contribution < -0.4 is 0 Å². The molecular formula is C80H156O17P2. The Morgan fingerprint density at radius 1 is 0.283 bits per heavy atom. The number of hydrogen-bond acceptors (Lipinski definition) is 15. The first-order valence-electron chi connectivity index (χ1n) is 41.2. The van der Waals surface area contributed by atoms with Gasteiger partial charge in [-0.15, -0.1) is 0 Å². The molecule has 0 saturated heterocycles. The van der Waals surface area contributed by atoms with E-state index < -0.39 is 97.5 Å². The van der Waals surface area contributed by atoms with Gasteiger partial charge < -0.3 is 33.8 Å². The van der Waals surface area contributed by atoms with Crippen molar-refractivity contribution in [1.29, 1.82) is 0 Å². The monoisotopic (exact) mass is 1450 g/mol. The summed E-state index contributed by atoms with van der Waals surface area (Å²) in [5, 5.41) is 10.6. The van der Waals surface area contributed by atoms with Crippen LogP contribution in [0.5, 0.6) is 0 Å². The molecule has 0 aromatic carbocycles. The molecule has 0 amide bonds. The maximum atomic E-state index is 13.1. The Morgan fingerprint density at radius 2 is 0.485 bits per heavy atom. The fraction of sp³-hybridized carbons (Fsp3) is 0.950. The molecule has 17 nitrogen and oxygen atoms in total. The Hall–Kier alpha value is -1.94. The summed E-state index contributed by atoms with van der Waals surface area (Å²) in [5.74, 6) is 0.985. The average molecular weight is 1450 g/mol. The van der Waals surface area contributed by atoms with Gasteiger partial charge in [0.15, 0.2) is 12.2 Å². The summed E-state index contributed by atoms with van der Waals surface area (Å²) in [4.78, 5) is 73.0. The van der Waals surface area contributed by atoms with E-state index in [-0.39, 0.29) is 25.7 Å². The molecule has 0 heterocycles. The normalized spacial score (nSPS) is 14.3. The Morgan fingerprint density at radius 3 is 0.717 bits per heavy atom. The van der Waals surface area contributed by atoms with Crippen LogP contribution in [0.4, 0.5) is 0 Å². The summed E-state index contributed by atoms with van der Waals surface area (Å²) in [6.45, 7) is 14.2. The van der Waals surface area contributed by atoms with Gasteiger partial charge in [0.2, 0.25) is 0 Å². The first-order valence-corrected chi connectivity index (χ1v) is 44.2. The van der Waals surface area contributed by atoms with Crippen molar-refractivity contribution in [2.24, 2.45) is 23.7 Å². The smallest absolute Gasteiger partial charge is 0.462 e. The lowest BCUT2D eigenvalue weighted by atomic mass is 9.99. The molecule has 0 bridgehead atoms.